The fourth-order valence-corrected chi connectivity index (χ4v) is 0.176. The second kappa shape index (κ2) is 10.9. The van der Waals surface area contributed by atoms with Crippen molar-refractivity contribution in [3.8, 4) is 0 Å². The van der Waals surface area contributed by atoms with Gasteiger partial charge in [-0.3, -0.25) is 4.79 Å². The Bertz CT molecular complexity index is 146. The summed E-state index contributed by atoms with van der Waals surface area (Å²) >= 11 is 4.25. The summed E-state index contributed by atoms with van der Waals surface area (Å²) in [5.41, 5.74) is 0. The summed E-state index contributed by atoms with van der Waals surface area (Å²) < 4.78 is 0. The van der Waals surface area contributed by atoms with Gasteiger partial charge >= 0.3 is 0 Å². The highest BCUT2D eigenvalue weighted by atomic mass is 32.1. The van der Waals surface area contributed by atoms with Crippen LogP contribution in [0.3, 0.4) is 0 Å². The van der Waals surface area contributed by atoms with Crippen molar-refractivity contribution in [3.05, 3.63) is 12.7 Å². The van der Waals surface area contributed by atoms with E-state index in [1.165, 1.54) is 0 Å². The van der Waals surface area contributed by atoms with Crippen LogP contribution >= 0.6 is 12.2 Å². The quantitative estimate of drug-likeness (QED) is 0.376. The molecule has 0 aliphatic rings. The summed E-state index contributed by atoms with van der Waals surface area (Å²) in [5, 5.41) is 9.62. The van der Waals surface area contributed by atoms with Crippen molar-refractivity contribution in [1.82, 2.24) is 0 Å². The lowest BCUT2D eigenvalue weighted by atomic mass is 10.7. The predicted molar refractivity (Wildman–Crippen MR) is 43.4 cm³/mol. The molecule has 0 bridgehead atoms. The van der Waals surface area contributed by atoms with Crippen LogP contribution in [0.25, 0.3) is 0 Å². The van der Waals surface area contributed by atoms with Crippen LogP contribution in [0.4, 0.5) is 0 Å². The number of hydrogen-bond donors (Lipinski definition) is 1. The third-order valence-corrected chi connectivity index (χ3v) is 0.414. The number of aliphatic carboxylic acids is 1. The molecule has 10 heavy (non-hydrogen) atoms. The first kappa shape index (κ1) is 11.8. The molecule has 0 aliphatic carbocycles. The van der Waals surface area contributed by atoms with Crippen molar-refractivity contribution in [3.63, 3.8) is 0 Å². The monoisotopic (exact) mass is 159 g/mol. The number of isothiocyanates is 1. The summed E-state index contributed by atoms with van der Waals surface area (Å²) in [7, 11) is 0. The van der Waals surface area contributed by atoms with Crippen LogP contribution in [0, 0.1) is 0 Å². The Kier molecular flexibility index (Phi) is 12.8. The molecular formula is C6H9NO2S. The highest BCUT2D eigenvalue weighted by molar-refractivity contribution is 7.78. The van der Waals surface area contributed by atoms with Gasteiger partial charge in [-0.25, -0.2) is 4.99 Å². The highest BCUT2D eigenvalue weighted by Gasteiger charge is 1.65. The predicted octanol–water partition coefficient (Wildman–Crippen LogP) is 1.37. The summed E-state index contributed by atoms with van der Waals surface area (Å²) in [5.74, 6) is -0.833. The van der Waals surface area contributed by atoms with Crippen LogP contribution < -0.4 is 0 Å². The number of carbonyl (C=O) groups is 1. The van der Waals surface area contributed by atoms with E-state index >= 15 is 0 Å². The smallest absolute Gasteiger partial charge is 0.300 e. The largest absolute Gasteiger partial charge is 0.481 e. The normalized spacial score (nSPS) is 6.10. The molecule has 0 aromatic heterocycles. The number of carboxylic acids is 1. The molecule has 0 unspecified atom stereocenters. The maximum atomic E-state index is 9.00. The van der Waals surface area contributed by atoms with Crippen LogP contribution in [0.15, 0.2) is 17.6 Å². The van der Waals surface area contributed by atoms with Gasteiger partial charge in [0, 0.05) is 6.92 Å². The summed E-state index contributed by atoms with van der Waals surface area (Å²) in [6.45, 7) is 5.09. The third kappa shape index (κ3) is 62.7. The Morgan fingerprint density at radius 2 is 2.40 bits per heavy atom. The fourth-order valence-electron chi connectivity index (χ4n) is 0.102. The van der Waals surface area contributed by atoms with E-state index in [0.717, 1.165) is 6.92 Å². The molecule has 4 heteroatoms. The molecule has 0 fully saturated rings. The maximum absolute atomic E-state index is 9.00. The number of thiocarbonyl (C=S) groups is 1. The zero-order chi connectivity index (χ0) is 8.41. The first-order chi connectivity index (χ1) is 4.65. The van der Waals surface area contributed by atoms with Crippen molar-refractivity contribution in [1.29, 1.82) is 0 Å². The first-order valence-corrected chi connectivity index (χ1v) is 2.90. The minimum absolute atomic E-state index is 0.587. The highest BCUT2D eigenvalue weighted by Crippen LogP contribution is 1.62. The van der Waals surface area contributed by atoms with Crippen LogP contribution in [0.2, 0.25) is 0 Å². The Hall–Kier alpha value is -0.990. The Balaban J connectivity index is 0. The summed E-state index contributed by atoms with van der Waals surface area (Å²) in [4.78, 5) is 12.5. The molecule has 0 atom stereocenters. The maximum Gasteiger partial charge on any atom is 0.300 e. The van der Waals surface area contributed by atoms with E-state index in [0.29, 0.717) is 6.54 Å². The summed E-state index contributed by atoms with van der Waals surface area (Å²) in [6, 6.07) is 0. The second-order valence-corrected chi connectivity index (χ2v) is 1.42. The third-order valence-electron chi connectivity index (χ3n) is 0.285. The van der Waals surface area contributed by atoms with Gasteiger partial charge in [-0.15, -0.1) is 6.58 Å². The van der Waals surface area contributed by atoms with Crippen LogP contribution in [-0.2, 0) is 4.79 Å². The van der Waals surface area contributed by atoms with Gasteiger partial charge in [-0.05, 0) is 12.2 Å². The average Bonchev–Trinajstić information content (AvgIpc) is 1.82. The second-order valence-electron chi connectivity index (χ2n) is 1.24. The van der Waals surface area contributed by atoms with E-state index in [1.54, 1.807) is 6.08 Å². The van der Waals surface area contributed by atoms with Crippen LogP contribution in [0.5, 0.6) is 0 Å². The number of carboxylic acid groups (broad SMARTS) is 1. The van der Waals surface area contributed by atoms with E-state index in [2.05, 4.69) is 29.0 Å². The lowest BCUT2D eigenvalue weighted by Crippen LogP contribution is -1.78. The van der Waals surface area contributed by atoms with Crippen LogP contribution in [-0.4, -0.2) is 22.8 Å². The van der Waals surface area contributed by atoms with Crippen LogP contribution in [0.1, 0.15) is 6.92 Å². The number of rotatable bonds is 2. The summed E-state index contributed by atoms with van der Waals surface area (Å²) in [6.07, 6.45) is 1.67. The molecular weight excluding hydrogens is 150 g/mol. The molecule has 0 saturated carbocycles. The molecule has 1 N–H and O–H groups in total. The van der Waals surface area contributed by atoms with Crippen molar-refractivity contribution in [2.24, 2.45) is 4.99 Å². The fraction of sp³-hybridized carbons (Fsp3) is 0.333. The van der Waals surface area contributed by atoms with Gasteiger partial charge in [0.25, 0.3) is 5.97 Å². The van der Waals surface area contributed by atoms with Gasteiger partial charge in [0.05, 0.1) is 11.7 Å². The van der Waals surface area contributed by atoms with Gasteiger partial charge in [0.2, 0.25) is 0 Å². The molecule has 0 spiro atoms. The van der Waals surface area contributed by atoms with Gasteiger partial charge < -0.3 is 5.11 Å². The van der Waals surface area contributed by atoms with Crippen molar-refractivity contribution < 1.29 is 9.90 Å². The topological polar surface area (TPSA) is 49.7 Å². The van der Waals surface area contributed by atoms with E-state index in [1.807, 2.05) is 0 Å². The van der Waals surface area contributed by atoms with Gasteiger partial charge in [0.15, 0.2) is 0 Å². The Morgan fingerprint density at radius 3 is 2.50 bits per heavy atom. The Morgan fingerprint density at radius 1 is 2.00 bits per heavy atom. The SMILES string of the molecule is C=CCN=C=S.CC(=O)O. The minimum atomic E-state index is -0.833. The lowest BCUT2D eigenvalue weighted by Gasteiger charge is -1.65. The molecule has 0 amide bonds. The zero-order valence-corrected chi connectivity index (χ0v) is 6.52. The molecule has 0 aliphatic heterocycles. The van der Waals surface area contributed by atoms with E-state index < -0.39 is 5.97 Å². The number of aliphatic imine (C=N–C) groups is 1. The van der Waals surface area contributed by atoms with Crippen molar-refractivity contribution in [2.75, 3.05) is 6.54 Å². The van der Waals surface area contributed by atoms with Gasteiger partial charge in [-0.1, -0.05) is 6.08 Å². The van der Waals surface area contributed by atoms with Gasteiger partial charge in [0.1, 0.15) is 0 Å². The average molecular weight is 159 g/mol. The first-order valence-electron chi connectivity index (χ1n) is 2.49. The minimum Gasteiger partial charge on any atom is -0.481 e. The van der Waals surface area contributed by atoms with E-state index in [-0.39, 0.29) is 0 Å². The van der Waals surface area contributed by atoms with Crippen molar-refractivity contribution in [2.45, 2.75) is 6.92 Å². The zero-order valence-electron chi connectivity index (χ0n) is 5.70. The molecule has 0 rings (SSSR count). The molecule has 0 radical (unpaired) electrons. The Labute approximate surface area is 65.1 Å². The van der Waals surface area contributed by atoms with E-state index in [9.17, 15) is 0 Å². The van der Waals surface area contributed by atoms with E-state index in [4.69, 9.17) is 9.90 Å². The number of hydrogen-bond acceptors (Lipinski definition) is 3. The molecule has 0 saturated heterocycles. The van der Waals surface area contributed by atoms with Crippen molar-refractivity contribution >= 4 is 23.3 Å². The molecule has 0 aromatic carbocycles. The standard InChI is InChI=1S/C4H5NS.C2H4O2/c1-2-3-5-4-6;1-2(3)4/h2H,1,3H2;1H3,(H,3,4). The molecule has 0 heterocycles. The van der Waals surface area contributed by atoms with Gasteiger partial charge in [-0.2, -0.15) is 0 Å². The molecule has 0 aromatic rings. The molecule has 56 valence electrons. The molecule has 3 nitrogen and oxygen atoms in total. The number of nitrogens with zero attached hydrogens (tertiary/aromatic N) is 1. The lowest BCUT2D eigenvalue weighted by molar-refractivity contribution is -0.134.